The Balaban J connectivity index is 2.01. The first kappa shape index (κ1) is 13.9. The first-order valence-electron chi connectivity index (χ1n) is 6.14. The molecule has 0 radical (unpaired) electrons. The lowest BCUT2D eigenvalue weighted by Crippen LogP contribution is -2.25. The molecule has 0 fully saturated rings. The number of thiocarbonyl (C=S) groups is 1. The number of hydrogen-bond acceptors (Lipinski definition) is 4. The molecule has 0 saturated heterocycles. The van der Waals surface area contributed by atoms with Crippen molar-refractivity contribution in [2.75, 3.05) is 0 Å². The number of benzene rings is 2. The number of aryl methyl sites for hydroxylation is 1. The summed E-state index contributed by atoms with van der Waals surface area (Å²) in [5.74, 6) is -0.0572. The third-order valence-electron chi connectivity index (χ3n) is 2.95. The van der Waals surface area contributed by atoms with E-state index in [1.807, 2.05) is 19.1 Å². The topological polar surface area (TPSA) is 44.4 Å². The van der Waals surface area contributed by atoms with Gasteiger partial charge in [-0.3, -0.25) is 0 Å². The van der Waals surface area contributed by atoms with Crippen molar-refractivity contribution >= 4 is 40.1 Å². The molecule has 4 nitrogen and oxygen atoms in total. The Morgan fingerprint density at radius 2 is 1.95 bits per heavy atom. The Bertz CT molecular complexity index is 880. The van der Waals surface area contributed by atoms with Crippen molar-refractivity contribution in [1.29, 1.82) is 0 Å². The van der Waals surface area contributed by atoms with Crippen LogP contribution >= 0.6 is 23.8 Å². The van der Waals surface area contributed by atoms with Crippen molar-refractivity contribution in [1.82, 2.24) is 4.57 Å². The van der Waals surface area contributed by atoms with E-state index in [-0.39, 0.29) is 5.17 Å². The number of fused-ring (bicyclic) bond motifs is 1. The van der Waals surface area contributed by atoms with Crippen molar-refractivity contribution in [2.24, 2.45) is 0 Å². The van der Waals surface area contributed by atoms with Gasteiger partial charge >= 0.3 is 5.76 Å². The van der Waals surface area contributed by atoms with E-state index in [1.165, 1.54) is 4.57 Å². The van der Waals surface area contributed by atoms with E-state index in [0.717, 1.165) is 5.56 Å². The molecule has 0 aliphatic rings. The van der Waals surface area contributed by atoms with Gasteiger partial charge in [0.15, 0.2) is 5.58 Å². The van der Waals surface area contributed by atoms with Crippen LogP contribution in [0, 0.1) is 6.92 Å². The Morgan fingerprint density at radius 3 is 2.67 bits per heavy atom. The molecule has 0 N–H and O–H groups in total. The van der Waals surface area contributed by atoms with Crippen molar-refractivity contribution in [3.63, 3.8) is 0 Å². The lowest BCUT2D eigenvalue weighted by atomic mass is 10.2. The maximum Gasteiger partial charge on any atom is 0.427 e. The third kappa shape index (κ3) is 2.70. The van der Waals surface area contributed by atoms with Gasteiger partial charge in [0.25, 0.3) is 5.17 Å². The zero-order valence-electron chi connectivity index (χ0n) is 11.0. The van der Waals surface area contributed by atoms with Gasteiger partial charge in [-0.1, -0.05) is 29.3 Å². The molecule has 2 aromatic carbocycles. The van der Waals surface area contributed by atoms with Gasteiger partial charge in [-0.2, -0.15) is 0 Å². The summed E-state index contributed by atoms with van der Waals surface area (Å²) >= 11 is 11.1. The summed E-state index contributed by atoms with van der Waals surface area (Å²) in [6.07, 6.45) is 0. The SMILES string of the molecule is Cc1ccc(OC(=S)n2c(=O)oc3ccc(Cl)cc32)cc1. The standard InChI is InChI=1S/C15H10ClNO3S/c1-9-2-5-11(6-3-9)19-15(21)17-12-8-10(16)4-7-13(12)20-14(17)18/h2-8H,1H3. The van der Waals surface area contributed by atoms with Gasteiger partial charge in [-0.15, -0.1) is 0 Å². The number of aromatic nitrogens is 1. The van der Waals surface area contributed by atoms with E-state index in [9.17, 15) is 4.79 Å². The molecule has 21 heavy (non-hydrogen) atoms. The fraction of sp³-hybridized carbons (Fsp3) is 0.0667. The van der Waals surface area contributed by atoms with Crippen LogP contribution in [-0.2, 0) is 0 Å². The minimum absolute atomic E-state index is 0.00938. The highest BCUT2D eigenvalue weighted by Crippen LogP contribution is 2.19. The second kappa shape index (κ2) is 5.35. The molecule has 6 heteroatoms. The average Bonchev–Trinajstić information content (AvgIpc) is 2.76. The quantitative estimate of drug-likeness (QED) is 0.640. The van der Waals surface area contributed by atoms with Gasteiger partial charge in [0, 0.05) is 5.02 Å². The van der Waals surface area contributed by atoms with Gasteiger partial charge in [0.1, 0.15) is 11.3 Å². The van der Waals surface area contributed by atoms with Crippen LogP contribution in [0.15, 0.2) is 51.7 Å². The molecule has 0 spiro atoms. The van der Waals surface area contributed by atoms with Gasteiger partial charge in [0.2, 0.25) is 0 Å². The fourth-order valence-corrected chi connectivity index (χ4v) is 2.35. The van der Waals surface area contributed by atoms with Crippen LogP contribution in [0.5, 0.6) is 5.75 Å². The number of halogens is 1. The molecule has 1 aromatic heterocycles. The summed E-state index contributed by atoms with van der Waals surface area (Å²) in [6, 6.07) is 12.2. The molecule has 106 valence electrons. The Kier molecular flexibility index (Phi) is 3.53. The third-order valence-corrected chi connectivity index (χ3v) is 3.45. The lowest BCUT2D eigenvalue weighted by molar-refractivity contribution is 0.505. The van der Waals surface area contributed by atoms with Crippen molar-refractivity contribution in [2.45, 2.75) is 6.92 Å². The predicted octanol–water partition coefficient (Wildman–Crippen LogP) is 3.77. The van der Waals surface area contributed by atoms with Crippen LogP contribution in [0.3, 0.4) is 0 Å². The number of ether oxygens (including phenoxy) is 1. The molecular weight excluding hydrogens is 310 g/mol. The van der Waals surface area contributed by atoms with Crippen LogP contribution in [0.4, 0.5) is 0 Å². The van der Waals surface area contributed by atoms with E-state index in [1.54, 1.807) is 30.3 Å². The van der Waals surface area contributed by atoms with Gasteiger partial charge in [0.05, 0.1) is 0 Å². The second-order valence-electron chi connectivity index (χ2n) is 4.50. The summed E-state index contributed by atoms with van der Waals surface area (Å²) in [4.78, 5) is 11.9. The van der Waals surface area contributed by atoms with Crippen molar-refractivity contribution in [3.8, 4) is 5.75 Å². The van der Waals surface area contributed by atoms with E-state index in [0.29, 0.717) is 21.9 Å². The summed E-state index contributed by atoms with van der Waals surface area (Å²) in [7, 11) is 0. The molecule has 0 bridgehead atoms. The van der Waals surface area contributed by atoms with E-state index in [2.05, 4.69) is 0 Å². The maximum absolute atomic E-state index is 11.9. The van der Waals surface area contributed by atoms with Gasteiger partial charge in [-0.05, 0) is 49.5 Å². The molecular formula is C15H10ClNO3S. The summed E-state index contributed by atoms with van der Waals surface area (Å²) in [5.41, 5.74) is 1.98. The van der Waals surface area contributed by atoms with Crippen molar-refractivity contribution in [3.05, 3.63) is 63.6 Å². The minimum Gasteiger partial charge on any atom is -0.431 e. The summed E-state index contributed by atoms with van der Waals surface area (Å²) < 4.78 is 11.8. The largest absolute Gasteiger partial charge is 0.431 e. The van der Waals surface area contributed by atoms with Crippen LogP contribution < -0.4 is 10.5 Å². The molecule has 0 saturated carbocycles. The monoisotopic (exact) mass is 319 g/mol. The van der Waals surface area contributed by atoms with E-state index < -0.39 is 5.76 Å². The van der Waals surface area contributed by atoms with Gasteiger partial charge in [-0.25, -0.2) is 9.36 Å². The molecule has 3 aromatic rings. The number of nitrogens with zero attached hydrogens (tertiary/aromatic N) is 1. The smallest absolute Gasteiger partial charge is 0.427 e. The Hall–Kier alpha value is -2.11. The van der Waals surface area contributed by atoms with Crippen molar-refractivity contribution < 1.29 is 9.15 Å². The molecule has 0 aliphatic carbocycles. The highest BCUT2D eigenvalue weighted by Gasteiger charge is 2.15. The Morgan fingerprint density at radius 1 is 1.24 bits per heavy atom. The second-order valence-corrected chi connectivity index (χ2v) is 5.28. The van der Waals surface area contributed by atoms with Crippen LogP contribution in [0.25, 0.3) is 11.1 Å². The number of rotatable bonds is 1. The van der Waals surface area contributed by atoms with E-state index >= 15 is 0 Å². The Labute approximate surface area is 130 Å². The van der Waals surface area contributed by atoms with Crippen LogP contribution in [0.1, 0.15) is 5.56 Å². The summed E-state index contributed by atoms with van der Waals surface area (Å²) in [5, 5.41) is 0.472. The highest BCUT2D eigenvalue weighted by molar-refractivity contribution is 7.80. The fourth-order valence-electron chi connectivity index (χ4n) is 1.92. The predicted molar refractivity (Wildman–Crippen MR) is 85.3 cm³/mol. The number of oxazole rings is 1. The van der Waals surface area contributed by atoms with Gasteiger partial charge < -0.3 is 9.15 Å². The molecule has 3 rings (SSSR count). The van der Waals surface area contributed by atoms with E-state index in [4.69, 9.17) is 33.0 Å². The van der Waals surface area contributed by atoms with Crippen LogP contribution in [-0.4, -0.2) is 9.74 Å². The normalized spacial score (nSPS) is 10.8. The molecule has 0 amide bonds. The zero-order valence-corrected chi connectivity index (χ0v) is 12.6. The number of hydrogen-bond donors (Lipinski definition) is 0. The molecule has 0 atom stereocenters. The first-order chi connectivity index (χ1) is 10.0. The zero-order chi connectivity index (χ0) is 15.0. The molecule has 0 unspecified atom stereocenters. The highest BCUT2D eigenvalue weighted by atomic mass is 35.5. The average molecular weight is 320 g/mol. The lowest BCUT2D eigenvalue weighted by Gasteiger charge is -2.07. The molecule has 0 aliphatic heterocycles. The van der Waals surface area contributed by atoms with Crippen LogP contribution in [0.2, 0.25) is 5.02 Å². The maximum atomic E-state index is 11.9. The first-order valence-corrected chi connectivity index (χ1v) is 6.93. The minimum atomic E-state index is -0.607. The molecule has 1 heterocycles. The summed E-state index contributed by atoms with van der Waals surface area (Å²) in [6.45, 7) is 1.97.